The molecule has 7 nitrogen and oxygen atoms in total. The van der Waals surface area contributed by atoms with Crippen LogP contribution in [0.4, 0.5) is 0 Å². The van der Waals surface area contributed by atoms with Gasteiger partial charge in [0.25, 0.3) is 5.91 Å². The average Bonchev–Trinajstić information content (AvgIpc) is 3.27. The van der Waals surface area contributed by atoms with Crippen molar-refractivity contribution in [1.82, 2.24) is 19.9 Å². The zero-order valence-electron chi connectivity index (χ0n) is 19.2. The van der Waals surface area contributed by atoms with Gasteiger partial charge >= 0.3 is 0 Å². The SMILES string of the molecule is CCCOc1ccc(CN(CCC)C(=O)c2cn(Cc3ccccc3)nn2)cc1OCC. The maximum Gasteiger partial charge on any atom is 0.276 e. The van der Waals surface area contributed by atoms with Crippen LogP contribution in [0.5, 0.6) is 11.5 Å². The highest BCUT2D eigenvalue weighted by Gasteiger charge is 2.20. The minimum absolute atomic E-state index is 0.129. The highest BCUT2D eigenvalue weighted by atomic mass is 16.5. The van der Waals surface area contributed by atoms with Crippen molar-refractivity contribution in [2.24, 2.45) is 0 Å². The molecule has 3 rings (SSSR count). The minimum Gasteiger partial charge on any atom is -0.490 e. The van der Waals surface area contributed by atoms with Crippen LogP contribution in [0.3, 0.4) is 0 Å². The number of rotatable bonds is 12. The molecule has 0 saturated carbocycles. The summed E-state index contributed by atoms with van der Waals surface area (Å²) in [6.07, 6.45) is 3.49. The predicted molar refractivity (Wildman–Crippen MR) is 124 cm³/mol. The smallest absolute Gasteiger partial charge is 0.276 e. The van der Waals surface area contributed by atoms with Crippen LogP contribution in [0.15, 0.2) is 54.7 Å². The zero-order valence-corrected chi connectivity index (χ0v) is 19.2. The fraction of sp³-hybridized carbons (Fsp3) is 0.400. The lowest BCUT2D eigenvalue weighted by Gasteiger charge is -2.22. The van der Waals surface area contributed by atoms with E-state index in [1.165, 1.54) is 0 Å². The molecule has 170 valence electrons. The van der Waals surface area contributed by atoms with Gasteiger partial charge in [0.1, 0.15) is 0 Å². The molecule has 1 aromatic heterocycles. The second-order valence-corrected chi connectivity index (χ2v) is 7.58. The predicted octanol–water partition coefficient (Wildman–Crippen LogP) is 4.57. The number of ether oxygens (including phenoxy) is 2. The van der Waals surface area contributed by atoms with Crippen molar-refractivity contribution in [2.75, 3.05) is 19.8 Å². The Morgan fingerprint density at radius 3 is 2.50 bits per heavy atom. The third-order valence-electron chi connectivity index (χ3n) is 4.87. The fourth-order valence-corrected chi connectivity index (χ4v) is 3.40. The molecule has 0 fully saturated rings. The molecule has 7 heteroatoms. The molecular weight excluding hydrogens is 404 g/mol. The summed E-state index contributed by atoms with van der Waals surface area (Å²) in [4.78, 5) is 15.0. The molecule has 3 aromatic rings. The molecule has 0 unspecified atom stereocenters. The van der Waals surface area contributed by atoms with Gasteiger partial charge < -0.3 is 14.4 Å². The summed E-state index contributed by atoms with van der Waals surface area (Å²) in [5.74, 6) is 1.31. The molecule has 2 aromatic carbocycles. The first-order valence-electron chi connectivity index (χ1n) is 11.3. The van der Waals surface area contributed by atoms with Crippen molar-refractivity contribution in [3.8, 4) is 11.5 Å². The van der Waals surface area contributed by atoms with Crippen molar-refractivity contribution in [3.63, 3.8) is 0 Å². The second-order valence-electron chi connectivity index (χ2n) is 7.58. The van der Waals surface area contributed by atoms with E-state index in [1.807, 2.05) is 55.5 Å². The first kappa shape index (κ1) is 23.3. The first-order valence-corrected chi connectivity index (χ1v) is 11.3. The van der Waals surface area contributed by atoms with Crippen LogP contribution in [0.1, 0.15) is 55.2 Å². The monoisotopic (exact) mass is 436 g/mol. The summed E-state index contributed by atoms with van der Waals surface area (Å²) >= 11 is 0. The minimum atomic E-state index is -0.129. The molecule has 0 aliphatic rings. The molecular formula is C25H32N4O3. The lowest BCUT2D eigenvalue weighted by atomic mass is 10.1. The number of benzene rings is 2. The van der Waals surface area contributed by atoms with Crippen LogP contribution >= 0.6 is 0 Å². The highest BCUT2D eigenvalue weighted by molar-refractivity contribution is 5.91. The largest absolute Gasteiger partial charge is 0.490 e. The molecule has 32 heavy (non-hydrogen) atoms. The van der Waals surface area contributed by atoms with E-state index in [0.717, 1.165) is 29.7 Å². The van der Waals surface area contributed by atoms with E-state index in [2.05, 4.69) is 24.2 Å². The van der Waals surface area contributed by atoms with E-state index in [1.54, 1.807) is 15.8 Å². The summed E-state index contributed by atoms with van der Waals surface area (Å²) in [5, 5.41) is 8.27. The van der Waals surface area contributed by atoms with E-state index in [4.69, 9.17) is 9.47 Å². The van der Waals surface area contributed by atoms with Gasteiger partial charge in [-0.15, -0.1) is 5.10 Å². The number of carbonyl (C=O) groups is 1. The van der Waals surface area contributed by atoms with Crippen LogP contribution in [-0.4, -0.2) is 45.6 Å². The van der Waals surface area contributed by atoms with E-state index in [-0.39, 0.29) is 5.91 Å². The Balaban J connectivity index is 1.73. The normalized spacial score (nSPS) is 10.7. The lowest BCUT2D eigenvalue weighted by molar-refractivity contribution is 0.0737. The van der Waals surface area contributed by atoms with Crippen LogP contribution in [0, 0.1) is 0 Å². The van der Waals surface area contributed by atoms with E-state index in [0.29, 0.717) is 44.3 Å². The molecule has 0 N–H and O–H groups in total. The summed E-state index contributed by atoms with van der Waals surface area (Å²) in [5.41, 5.74) is 2.44. The number of hydrogen-bond acceptors (Lipinski definition) is 5. The summed E-state index contributed by atoms with van der Waals surface area (Å²) in [6.45, 7) is 8.92. The van der Waals surface area contributed by atoms with Gasteiger partial charge in [-0.25, -0.2) is 4.68 Å². The van der Waals surface area contributed by atoms with E-state index in [9.17, 15) is 4.79 Å². The molecule has 0 aliphatic heterocycles. The Morgan fingerprint density at radius 1 is 0.969 bits per heavy atom. The number of nitrogens with zero attached hydrogens (tertiary/aromatic N) is 4. The van der Waals surface area contributed by atoms with Gasteiger partial charge in [-0.2, -0.15) is 0 Å². The molecule has 0 saturated heterocycles. The summed E-state index contributed by atoms with van der Waals surface area (Å²) in [7, 11) is 0. The first-order chi connectivity index (χ1) is 15.6. The van der Waals surface area contributed by atoms with Gasteiger partial charge in [-0.1, -0.05) is 55.5 Å². The zero-order chi connectivity index (χ0) is 22.8. The molecule has 0 bridgehead atoms. The van der Waals surface area contributed by atoms with Crippen LogP contribution in [-0.2, 0) is 13.1 Å². The van der Waals surface area contributed by atoms with Gasteiger partial charge in [-0.3, -0.25) is 4.79 Å². The number of carbonyl (C=O) groups excluding carboxylic acids is 1. The molecule has 1 heterocycles. The maximum absolute atomic E-state index is 13.2. The van der Waals surface area contributed by atoms with Crippen LogP contribution < -0.4 is 9.47 Å². The Labute approximate surface area is 190 Å². The van der Waals surface area contributed by atoms with E-state index < -0.39 is 0 Å². The van der Waals surface area contributed by atoms with Crippen molar-refractivity contribution in [2.45, 2.75) is 46.7 Å². The summed E-state index contributed by atoms with van der Waals surface area (Å²) in [6, 6.07) is 15.8. The van der Waals surface area contributed by atoms with Crippen molar-refractivity contribution in [1.29, 1.82) is 0 Å². The van der Waals surface area contributed by atoms with Gasteiger partial charge in [0.05, 0.1) is 26.0 Å². The lowest BCUT2D eigenvalue weighted by Crippen LogP contribution is -2.31. The number of amides is 1. The van der Waals surface area contributed by atoms with Gasteiger partial charge in [0.2, 0.25) is 0 Å². The Morgan fingerprint density at radius 2 is 1.78 bits per heavy atom. The summed E-state index contributed by atoms with van der Waals surface area (Å²) < 4.78 is 13.2. The molecule has 1 amide bonds. The average molecular weight is 437 g/mol. The number of aromatic nitrogens is 3. The quantitative estimate of drug-likeness (QED) is 0.416. The van der Waals surface area contributed by atoms with Crippen molar-refractivity contribution in [3.05, 3.63) is 71.5 Å². The van der Waals surface area contributed by atoms with Gasteiger partial charge in [0, 0.05) is 13.1 Å². The van der Waals surface area contributed by atoms with Gasteiger partial charge in [0.15, 0.2) is 17.2 Å². The highest BCUT2D eigenvalue weighted by Crippen LogP contribution is 2.29. The number of hydrogen-bond donors (Lipinski definition) is 0. The third-order valence-corrected chi connectivity index (χ3v) is 4.87. The Bertz CT molecular complexity index is 988. The fourth-order valence-electron chi connectivity index (χ4n) is 3.40. The third kappa shape index (κ3) is 6.33. The Hall–Kier alpha value is -3.35. The van der Waals surface area contributed by atoms with Crippen LogP contribution in [0.25, 0.3) is 0 Å². The van der Waals surface area contributed by atoms with Crippen LogP contribution in [0.2, 0.25) is 0 Å². The maximum atomic E-state index is 13.2. The van der Waals surface area contributed by atoms with Crippen molar-refractivity contribution < 1.29 is 14.3 Å². The molecule has 0 aliphatic carbocycles. The van der Waals surface area contributed by atoms with Gasteiger partial charge in [-0.05, 0) is 43.0 Å². The Kier molecular flexibility index (Phi) is 8.66. The molecule has 0 spiro atoms. The van der Waals surface area contributed by atoms with Crippen molar-refractivity contribution >= 4 is 5.91 Å². The molecule has 0 radical (unpaired) electrons. The van der Waals surface area contributed by atoms with E-state index >= 15 is 0 Å². The standard InChI is InChI=1S/C25H32N4O3/c1-4-14-28(17-21-12-13-23(32-15-5-2)24(16-21)31-6-3)25(30)22-19-29(27-26-22)18-20-10-8-7-9-11-20/h7-13,16,19H,4-6,14-15,17-18H2,1-3H3. The second kappa shape index (κ2) is 11.9. The topological polar surface area (TPSA) is 69.5 Å². The molecule has 0 atom stereocenters.